The Hall–Kier alpha value is -3.23. The Kier molecular flexibility index (Phi) is 37.3. The zero-order valence-electron chi connectivity index (χ0n) is 37.0. The summed E-state index contributed by atoms with van der Waals surface area (Å²) in [5.41, 5.74) is 0. The fourth-order valence-corrected chi connectivity index (χ4v) is 6.16. The van der Waals surface area contributed by atoms with Gasteiger partial charge in [-0.15, -0.1) is 0 Å². The first kappa shape index (κ1) is 53.8. The topological polar surface area (TPSA) is 102 Å². The Morgan fingerprint density at radius 3 is 1.37 bits per heavy atom. The van der Waals surface area contributed by atoms with Gasteiger partial charge in [-0.05, 0) is 77.0 Å². The molecule has 0 aromatic carbocycles. The summed E-state index contributed by atoms with van der Waals surface area (Å²) >= 11 is 0. The standard InChI is InChI=1S/C49H83NO7/c1-6-8-10-12-14-16-18-20-22-23-24-25-26-28-30-32-34-36-38-40-48(52)57-45(43-55-42-41-46(49(53)54)50(3,4)5)44-56-47(51)39-37-35-33-31-29-27-21-19-17-15-13-11-9-7-2/h8-11,14-17,20,22,24-25,45-46H,6-7,12-13,18-19,21,23,26-44H2,1-5H3/b10-8+,11-9+,16-14+,17-15+,22-20+,25-24+. The quantitative estimate of drug-likeness (QED) is 0.0264. The van der Waals surface area contributed by atoms with Crippen LogP contribution in [0.25, 0.3) is 0 Å². The first-order valence-electron chi connectivity index (χ1n) is 22.5. The number of nitrogens with zero attached hydrogens (tertiary/aromatic N) is 1. The van der Waals surface area contributed by atoms with Gasteiger partial charge in [0.15, 0.2) is 6.10 Å². The van der Waals surface area contributed by atoms with Gasteiger partial charge < -0.3 is 28.6 Å². The predicted molar refractivity (Wildman–Crippen MR) is 235 cm³/mol. The van der Waals surface area contributed by atoms with Gasteiger partial charge in [0, 0.05) is 19.3 Å². The highest BCUT2D eigenvalue weighted by molar-refractivity contribution is 5.70. The lowest BCUT2D eigenvalue weighted by atomic mass is 10.1. The van der Waals surface area contributed by atoms with Gasteiger partial charge in [0.1, 0.15) is 12.6 Å². The minimum atomic E-state index is -1.13. The second-order valence-electron chi connectivity index (χ2n) is 15.9. The van der Waals surface area contributed by atoms with E-state index in [4.69, 9.17) is 14.2 Å². The monoisotopic (exact) mass is 798 g/mol. The summed E-state index contributed by atoms with van der Waals surface area (Å²) < 4.78 is 17.2. The molecule has 0 aromatic rings. The number of carbonyl (C=O) groups excluding carboxylic acids is 3. The van der Waals surface area contributed by atoms with Crippen LogP contribution < -0.4 is 5.11 Å². The molecule has 0 saturated carbocycles. The number of aliphatic carboxylic acids is 1. The summed E-state index contributed by atoms with van der Waals surface area (Å²) in [6, 6.07) is -0.733. The van der Waals surface area contributed by atoms with Crippen molar-refractivity contribution < 1.29 is 38.2 Å². The van der Waals surface area contributed by atoms with Crippen molar-refractivity contribution in [2.45, 2.75) is 180 Å². The van der Waals surface area contributed by atoms with Crippen LogP contribution in [0.5, 0.6) is 0 Å². The smallest absolute Gasteiger partial charge is 0.306 e. The highest BCUT2D eigenvalue weighted by atomic mass is 16.6. The SMILES string of the molecule is CC/C=C/C/C=C/C/C=C/C/C=C/CCCCCCCCC(=O)OC(COCCC(C(=O)[O-])[N+](C)(C)C)COC(=O)CCCCCCCCC/C=C/C/C=C/CC. The van der Waals surface area contributed by atoms with Crippen molar-refractivity contribution >= 4 is 17.9 Å². The first-order chi connectivity index (χ1) is 27.6. The van der Waals surface area contributed by atoms with Crippen molar-refractivity contribution in [1.82, 2.24) is 0 Å². The fraction of sp³-hybridized carbons (Fsp3) is 0.694. The zero-order valence-corrected chi connectivity index (χ0v) is 37.0. The molecule has 0 radical (unpaired) electrons. The summed E-state index contributed by atoms with van der Waals surface area (Å²) in [6.07, 6.45) is 49.2. The van der Waals surface area contributed by atoms with Gasteiger partial charge in [-0.25, -0.2) is 0 Å². The number of rotatable bonds is 39. The minimum absolute atomic E-state index is 0.0287. The number of unbranched alkanes of at least 4 members (excludes halogenated alkanes) is 13. The number of esters is 2. The third-order valence-corrected chi connectivity index (χ3v) is 9.59. The first-order valence-corrected chi connectivity index (χ1v) is 22.5. The summed E-state index contributed by atoms with van der Waals surface area (Å²) in [5.74, 6) is -1.77. The number of hydrogen-bond acceptors (Lipinski definition) is 7. The average molecular weight is 798 g/mol. The average Bonchev–Trinajstić information content (AvgIpc) is 3.17. The molecule has 0 N–H and O–H groups in total. The van der Waals surface area contributed by atoms with Crippen LogP contribution in [0.2, 0.25) is 0 Å². The van der Waals surface area contributed by atoms with Gasteiger partial charge in [-0.2, -0.15) is 0 Å². The molecule has 0 heterocycles. The largest absolute Gasteiger partial charge is 0.544 e. The molecule has 0 aromatic heterocycles. The van der Waals surface area contributed by atoms with Crippen LogP contribution in [-0.2, 0) is 28.6 Å². The lowest BCUT2D eigenvalue weighted by Gasteiger charge is -2.34. The fourth-order valence-electron chi connectivity index (χ4n) is 6.16. The summed E-state index contributed by atoms with van der Waals surface area (Å²) in [5, 5.41) is 11.6. The Labute approximate surface area is 349 Å². The van der Waals surface area contributed by atoms with Crippen LogP contribution in [0.15, 0.2) is 72.9 Å². The molecule has 0 aliphatic heterocycles. The third-order valence-electron chi connectivity index (χ3n) is 9.59. The molecule has 326 valence electrons. The number of carboxylic acid groups (broad SMARTS) is 1. The number of likely N-dealkylation sites (N-methyl/N-ethyl adjacent to an activating group) is 1. The maximum Gasteiger partial charge on any atom is 0.306 e. The molecule has 2 unspecified atom stereocenters. The van der Waals surface area contributed by atoms with E-state index in [1.807, 2.05) is 0 Å². The minimum Gasteiger partial charge on any atom is -0.544 e. The molecule has 0 aliphatic carbocycles. The van der Waals surface area contributed by atoms with Gasteiger partial charge in [-0.1, -0.05) is 145 Å². The van der Waals surface area contributed by atoms with Crippen LogP contribution in [0, 0.1) is 0 Å². The van der Waals surface area contributed by atoms with E-state index in [1.54, 1.807) is 21.1 Å². The van der Waals surface area contributed by atoms with Crippen molar-refractivity contribution in [3.05, 3.63) is 72.9 Å². The number of carbonyl (C=O) groups is 3. The number of quaternary nitrogens is 1. The maximum atomic E-state index is 12.7. The molecule has 0 rings (SSSR count). The van der Waals surface area contributed by atoms with E-state index in [9.17, 15) is 19.5 Å². The third kappa shape index (κ3) is 38.1. The molecule has 2 atom stereocenters. The van der Waals surface area contributed by atoms with Crippen LogP contribution in [0.3, 0.4) is 0 Å². The van der Waals surface area contributed by atoms with E-state index in [0.717, 1.165) is 96.3 Å². The molecular weight excluding hydrogens is 715 g/mol. The summed E-state index contributed by atoms with van der Waals surface area (Å²) in [7, 11) is 5.39. The molecule has 8 nitrogen and oxygen atoms in total. The van der Waals surface area contributed by atoms with Gasteiger partial charge in [0.05, 0.1) is 40.3 Å². The molecular formula is C49H83NO7. The number of hydrogen-bond donors (Lipinski definition) is 0. The van der Waals surface area contributed by atoms with E-state index in [1.165, 1.54) is 38.5 Å². The Morgan fingerprint density at radius 1 is 0.526 bits per heavy atom. The number of allylic oxidation sites excluding steroid dienone is 12. The van der Waals surface area contributed by atoms with Gasteiger partial charge >= 0.3 is 11.9 Å². The normalized spacial score (nSPS) is 13.6. The van der Waals surface area contributed by atoms with Crippen LogP contribution >= 0.6 is 0 Å². The van der Waals surface area contributed by atoms with E-state index in [0.29, 0.717) is 12.8 Å². The highest BCUT2D eigenvalue weighted by Gasteiger charge is 2.25. The molecule has 0 aliphatic rings. The van der Waals surface area contributed by atoms with E-state index >= 15 is 0 Å². The molecule has 8 heteroatoms. The Morgan fingerprint density at radius 2 is 0.930 bits per heavy atom. The molecule has 0 bridgehead atoms. The van der Waals surface area contributed by atoms with Crippen molar-refractivity contribution in [2.24, 2.45) is 0 Å². The van der Waals surface area contributed by atoms with Crippen LogP contribution in [-0.4, -0.2) is 75.5 Å². The van der Waals surface area contributed by atoms with Crippen molar-refractivity contribution in [2.75, 3.05) is 41.0 Å². The van der Waals surface area contributed by atoms with Crippen LogP contribution in [0.1, 0.15) is 168 Å². The van der Waals surface area contributed by atoms with E-state index in [-0.39, 0.29) is 42.7 Å². The lowest BCUT2D eigenvalue weighted by Crippen LogP contribution is -2.55. The predicted octanol–water partition coefficient (Wildman–Crippen LogP) is 11.0. The Bertz CT molecular complexity index is 1160. The van der Waals surface area contributed by atoms with Crippen molar-refractivity contribution in [1.29, 1.82) is 0 Å². The number of ether oxygens (including phenoxy) is 3. The summed E-state index contributed by atoms with van der Waals surface area (Å²) in [4.78, 5) is 36.9. The van der Waals surface area contributed by atoms with E-state index < -0.39 is 18.1 Å². The second kappa shape index (κ2) is 39.6. The molecule has 0 fully saturated rings. The van der Waals surface area contributed by atoms with E-state index in [2.05, 4.69) is 86.8 Å². The molecule has 0 spiro atoms. The second-order valence-corrected chi connectivity index (χ2v) is 15.9. The molecule has 57 heavy (non-hydrogen) atoms. The summed E-state index contributed by atoms with van der Waals surface area (Å²) in [6.45, 7) is 4.41. The zero-order chi connectivity index (χ0) is 42.1. The van der Waals surface area contributed by atoms with Crippen LogP contribution in [0.4, 0.5) is 0 Å². The Balaban J connectivity index is 4.37. The maximum absolute atomic E-state index is 12.7. The molecule has 0 amide bonds. The molecule has 0 saturated heterocycles. The highest BCUT2D eigenvalue weighted by Crippen LogP contribution is 2.13. The van der Waals surface area contributed by atoms with Crippen molar-refractivity contribution in [3.63, 3.8) is 0 Å². The van der Waals surface area contributed by atoms with Gasteiger partial charge in [0.2, 0.25) is 0 Å². The van der Waals surface area contributed by atoms with Gasteiger partial charge in [0.25, 0.3) is 0 Å². The van der Waals surface area contributed by atoms with Crippen molar-refractivity contribution in [3.8, 4) is 0 Å². The van der Waals surface area contributed by atoms with Gasteiger partial charge in [-0.3, -0.25) is 9.59 Å². The lowest BCUT2D eigenvalue weighted by molar-refractivity contribution is -0.889. The number of carboxylic acids is 1.